The van der Waals surface area contributed by atoms with Crippen LogP contribution in [0.2, 0.25) is 0 Å². The Labute approximate surface area is 117 Å². The fourth-order valence-corrected chi connectivity index (χ4v) is 3.06. The van der Waals surface area contributed by atoms with Crippen LogP contribution in [0.1, 0.15) is 24.2 Å². The molecule has 1 unspecified atom stereocenters. The Morgan fingerprint density at radius 3 is 2.40 bits per heavy atom. The fraction of sp³-hybridized carbons (Fsp3) is 0.417. The van der Waals surface area contributed by atoms with Gasteiger partial charge in [-0.2, -0.15) is 0 Å². The molecule has 5 N–H and O–H groups in total. The molecule has 0 spiro atoms. The lowest BCUT2D eigenvalue weighted by atomic mass is 10.1. The number of carbonyl (C=O) groups is 1. The number of aliphatic hydroxyl groups excluding tert-OH is 1. The molecule has 8 heteroatoms. The molecule has 0 aromatic heterocycles. The number of aromatic carboxylic acids is 1. The van der Waals surface area contributed by atoms with Gasteiger partial charge in [-0.3, -0.25) is 0 Å². The normalized spacial score (nSPS) is 13.4. The number of hydrogen-bond donors (Lipinski definition) is 4. The molecule has 20 heavy (non-hydrogen) atoms. The van der Waals surface area contributed by atoms with Crippen molar-refractivity contribution < 1.29 is 23.4 Å². The van der Waals surface area contributed by atoms with Crippen molar-refractivity contribution in [2.75, 3.05) is 12.3 Å². The van der Waals surface area contributed by atoms with Gasteiger partial charge in [0, 0.05) is 6.04 Å². The third-order valence-electron chi connectivity index (χ3n) is 2.85. The van der Waals surface area contributed by atoms with Gasteiger partial charge < -0.3 is 15.9 Å². The summed E-state index contributed by atoms with van der Waals surface area (Å²) >= 11 is 0. The van der Waals surface area contributed by atoms with E-state index in [9.17, 15) is 13.2 Å². The monoisotopic (exact) mass is 302 g/mol. The Morgan fingerprint density at radius 2 is 2.00 bits per heavy atom. The van der Waals surface area contributed by atoms with Crippen LogP contribution in [0.15, 0.2) is 23.1 Å². The quantitative estimate of drug-likeness (QED) is 0.558. The van der Waals surface area contributed by atoms with Gasteiger partial charge in [-0.1, -0.05) is 13.8 Å². The van der Waals surface area contributed by atoms with E-state index >= 15 is 0 Å². The van der Waals surface area contributed by atoms with Gasteiger partial charge >= 0.3 is 5.97 Å². The van der Waals surface area contributed by atoms with Crippen LogP contribution in [-0.2, 0) is 10.0 Å². The average molecular weight is 302 g/mol. The van der Waals surface area contributed by atoms with E-state index in [1.807, 2.05) is 0 Å². The molecule has 1 rings (SSSR count). The molecule has 7 nitrogen and oxygen atoms in total. The van der Waals surface area contributed by atoms with E-state index < -0.39 is 22.0 Å². The zero-order chi connectivity index (χ0) is 15.5. The summed E-state index contributed by atoms with van der Waals surface area (Å²) in [5.74, 6) is -1.29. The number of rotatable bonds is 6. The van der Waals surface area contributed by atoms with Gasteiger partial charge in [-0.15, -0.1) is 0 Å². The molecule has 0 radical (unpaired) electrons. The summed E-state index contributed by atoms with van der Waals surface area (Å²) in [6, 6.07) is 2.74. The number of carboxylic acids is 1. The summed E-state index contributed by atoms with van der Waals surface area (Å²) in [6.07, 6.45) is 0. The molecule has 0 fully saturated rings. The van der Waals surface area contributed by atoms with Crippen LogP contribution >= 0.6 is 0 Å². The van der Waals surface area contributed by atoms with Crippen molar-refractivity contribution in [2.24, 2.45) is 5.92 Å². The number of nitrogens with two attached hydrogens (primary N) is 1. The first-order valence-corrected chi connectivity index (χ1v) is 7.43. The van der Waals surface area contributed by atoms with E-state index in [0.717, 1.165) is 18.2 Å². The highest BCUT2D eigenvalue weighted by Crippen LogP contribution is 2.20. The highest BCUT2D eigenvalue weighted by atomic mass is 32.2. The van der Waals surface area contributed by atoms with Gasteiger partial charge in [0.25, 0.3) is 0 Å². The highest BCUT2D eigenvalue weighted by molar-refractivity contribution is 7.89. The predicted molar refractivity (Wildman–Crippen MR) is 73.8 cm³/mol. The molecule has 0 saturated carbocycles. The minimum absolute atomic E-state index is 0.0935. The zero-order valence-corrected chi connectivity index (χ0v) is 12.0. The SMILES string of the molecule is CC(C)C(CO)NS(=O)(=O)c1ccc(C(=O)O)cc1N. The maximum absolute atomic E-state index is 12.2. The van der Waals surface area contributed by atoms with Crippen LogP contribution in [0, 0.1) is 5.92 Å². The van der Waals surface area contributed by atoms with E-state index in [1.165, 1.54) is 0 Å². The van der Waals surface area contributed by atoms with E-state index in [4.69, 9.17) is 15.9 Å². The average Bonchev–Trinajstić information content (AvgIpc) is 2.35. The highest BCUT2D eigenvalue weighted by Gasteiger charge is 2.24. The van der Waals surface area contributed by atoms with Crippen molar-refractivity contribution in [2.45, 2.75) is 24.8 Å². The molecule has 0 aliphatic carbocycles. The molecule has 1 atom stereocenters. The Kier molecular flexibility index (Phi) is 5.09. The van der Waals surface area contributed by atoms with E-state index in [1.54, 1.807) is 13.8 Å². The number of anilines is 1. The summed E-state index contributed by atoms with van der Waals surface area (Å²) in [5.41, 5.74) is 5.35. The molecular weight excluding hydrogens is 284 g/mol. The number of nitrogens with one attached hydrogen (secondary N) is 1. The van der Waals surface area contributed by atoms with Crippen LogP contribution in [0.25, 0.3) is 0 Å². The molecule has 0 amide bonds. The van der Waals surface area contributed by atoms with Gasteiger partial charge in [0.05, 0.1) is 17.9 Å². The Hall–Kier alpha value is -1.64. The van der Waals surface area contributed by atoms with Gasteiger partial charge in [0.2, 0.25) is 10.0 Å². The Morgan fingerprint density at radius 1 is 1.40 bits per heavy atom. The van der Waals surface area contributed by atoms with Crippen LogP contribution in [0.3, 0.4) is 0 Å². The van der Waals surface area contributed by atoms with Crippen LogP contribution < -0.4 is 10.5 Å². The number of benzene rings is 1. The van der Waals surface area contributed by atoms with Gasteiger partial charge in [-0.25, -0.2) is 17.9 Å². The lowest BCUT2D eigenvalue weighted by molar-refractivity contribution is 0.0697. The number of aliphatic hydroxyl groups is 1. The maximum Gasteiger partial charge on any atom is 0.335 e. The zero-order valence-electron chi connectivity index (χ0n) is 11.2. The van der Waals surface area contributed by atoms with Crippen molar-refractivity contribution >= 4 is 21.7 Å². The fourth-order valence-electron chi connectivity index (χ4n) is 1.57. The summed E-state index contributed by atoms with van der Waals surface area (Å²) in [5, 5.41) is 18.0. The van der Waals surface area contributed by atoms with Crippen molar-refractivity contribution in [3.63, 3.8) is 0 Å². The summed E-state index contributed by atoms with van der Waals surface area (Å²) < 4.78 is 26.7. The molecule has 0 bridgehead atoms. The van der Waals surface area contributed by atoms with Crippen LogP contribution in [0.4, 0.5) is 5.69 Å². The summed E-state index contributed by atoms with van der Waals surface area (Å²) in [6.45, 7) is 3.19. The minimum Gasteiger partial charge on any atom is -0.478 e. The lowest BCUT2D eigenvalue weighted by Gasteiger charge is -2.20. The lowest BCUT2D eigenvalue weighted by Crippen LogP contribution is -2.41. The Balaban J connectivity index is 3.13. The number of sulfonamides is 1. The molecular formula is C12H18N2O5S. The number of carboxylic acid groups (broad SMARTS) is 1. The van der Waals surface area contributed by atoms with E-state index in [0.29, 0.717) is 0 Å². The summed E-state index contributed by atoms with van der Waals surface area (Å²) in [7, 11) is -3.92. The first-order valence-electron chi connectivity index (χ1n) is 5.95. The first-order chi connectivity index (χ1) is 9.19. The molecule has 0 aliphatic rings. The number of nitrogen functional groups attached to an aromatic ring is 1. The van der Waals surface area contributed by atoms with Gasteiger partial charge in [0.1, 0.15) is 4.90 Å². The molecule has 0 aliphatic heterocycles. The second kappa shape index (κ2) is 6.21. The predicted octanol–water partition coefficient (Wildman–Crippen LogP) is 0.262. The third kappa shape index (κ3) is 3.69. The third-order valence-corrected chi connectivity index (χ3v) is 4.42. The van der Waals surface area contributed by atoms with Crippen molar-refractivity contribution in [1.29, 1.82) is 0 Å². The largest absolute Gasteiger partial charge is 0.478 e. The molecule has 0 saturated heterocycles. The molecule has 1 aromatic rings. The van der Waals surface area contributed by atoms with Crippen molar-refractivity contribution in [1.82, 2.24) is 4.72 Å². The topological polar surface area (TPSA) is 130 Å². The first kappa shape index (κ1) is 16.4. The van der Waals surface area contributed by atoms with Crippen LogP contribution in [-0.4, -0.2) is 37.2 Å². The molecule has 0 heterocycles. The van der Waals surface area contributed by atoms with Crippen molar-refractivity contribution in [3.8, 4) is 0 Å². The standard InChI is InChI=1S/C12H18N2O5S/c1-7(2)10(6-15)14-20(18,19)11-4-3-8(12(16)17)5-9(11)13/h3-5,7,10,14-15H,6,13H2,1-2H3,(H,16,17). The van der Waals surface area contributed by atoms with Gasteiger partial charge in [-0.05, 0) is 24.1 Å². The summed E-state index contributed by atoms with van der Waals surface area (Å²) in [4.78, 5) is 10.6. The smallest absolute Gasteiger partial charge is 0.335 e. The van der Waals surface area contributed by atoms with Crippen LogP contribution in [0.5, 0.6) is 0 Å². The molecule has 112 valence electrons. The second-order valence-corrected chi connectivity index (χ2v) is 6.39. The van der Waals surface area contributed by atoms with Crippen molar-refractivity contribution in [3.05, 3.63) is 23.8 Å². The molecule has 1 aromatic carbocycles. The number of hydrogen-bond acceptors (Lipinski definition) is 5. The van der Waals surface area contributed by atoms with E-state index in [2.05, 4.69) is 4.72 Å². The second-order valence-electron chi connectivity index (χ2n) is 4.71. The Bertz CT molecular complexity index is 598. The van der Waals surface area contributed by atoms with Gasteiger partial charge in [0.15, 0.2) is 0 Å². The maximum atomic E-state index is 12.2. The minimum atomic E-state index is -3.92. The van der Waals surface area contributed by atoms with E-state index in [-0.39, 0.29) is 28.7 Å².